The minimum Gasteiger partial charge on any atom is -0.468 e. The number of methoxy groups -OCH3 is 1. The van der Waals surface area contributed by atoms with Crippen LogP contribution in [0.2, 0.25) is 0 Å². The second-order valence-corrected chi connectivity index (χ2v) is 2.98. The first kappa shape index (κ1) is 10.6. The van der Waals surface area contributed by atoms with Gasteiger partial charge >= 0.3 is 5.97 Å². The highest BCUT2D eigenvalue weighted by atomic mass is 35.5. The van der Waals surface area contributed by atoms with Crippen molar-refractivity contribution in [3.63, 3.8) is 0 Å². The zero-order valence-electron chi connectivity index (χ0n) is 5.99. The van der Waals surface area contributed by atoms with Crippen LogP contribution >= 0.6 is 23.4 Å². The average molecular weight is 197 g/mol. The summed E-state index contributed by atoms with van der Waals surface area (Å²) < 4.78 is 4.38. The van der Waals surface area contributed by atoms with Gasteiger partial charge < -0.3 is 10.6 Å². The summed E-state index contributed by atoms with van der Waals surface area (Å²) in [5.74, 6) is 4.78. The number of halogens is 1. The van der Waals surface area contributed by atoms with Crippen molar-refractivity contribution >= 4 is 34.9 Å². The molecule has 1 atom stereocenters. The number of carbonyl (C=O) groups is 1. The third kappa shape index (κ3) is 4.92. The molecule has 0 radical (unpaired) electrons. The van der Waals surface area contributed by atoms with E-state index in [0.29, 0.717) is 5.75 Å². The van der Waals surface area contributed by atoms with Crippen molar-refractivity contribution in [2.45, 2.75) is 5.38 Å². The number of ether oxygens (including phenoxy) is 1. The predicted octanol–water partition coefficient (Wildman–Crippen LogP) is 0.402. The van der Waals surface area contributed by atoms with Gasteiger partial charge in [-0.2, -0.15) is 5.10 Å². The van der Waals surface area contributed by atoms with Gasteiger partial charge in [0.1, 0.15) is 5.38 Å². The van der Waals surface area contributed by atoms with Crippen LogP contribution in [0.3, 0.4) is 0 Å². The van der Waals surface area contributed by atoms with Crippen LogP contribution in [0.4, 0.5) is 0 Å². The van der Waals surface area contributed by atoms with E-state index in [1.807, 2.05) is 0 Å². The van der Waals surface area contributed by atoms with Crippen LogP contribution in [0, 0.1) is 0 Å². The highest BCUT2D eigenvalue weighted by Gasteiger charge is 2.14. The number of alkyl halides is 1. The van der Waals surface area contributed by atoms with Gasteiger partial charge in [-0.25, -0.2) is 0 Å². The molecule has 0 aromatic rings. The number of hydrazone groups is 1. The predicted molar refractivity (Wildman–Crippen MR) is 46.8 cm³/mol. The molecule has 0 rings (SSSR count). The van der Waals surface area contributed by atoms with Gasteiger partial charge in [-0.05, 0) is 0 Å². The van der Waals surface area contributed by atoms with Gasteiger partial charge in [0.25, 0.3) is 0 Å². The topological polar surface area (TPSA) is 64.7 Å². The molecule has 0 aliphatic carbocycles. The van der Waals surface area contributed by atoms with Gasteiger partial charge in [0, 0.05) is 5.75 Å². The lowest BCUT2D eigenvalue weighted by Gasteiger charge is -2.02. The fourth-order valence-corrected chi connectivity index (χ4v) is 1.15. The summed E-state index contributed by atoms with van der Waals surface area (Å²) in [4.78, 5) is 10.7. The first-order valence-electron chi connectivity index (χ1n) is 2.77. The van der Waals surface area contributed by atoms with Gasteiger partial charge in [-0.15, -0.1) is 23.4 Å². The molecule has 4 nitrogen and oxygen atoms in total. The van der Waals surface area contributed by atoms with E-state index < -0.39 is 11.3 Å². The number of esters is 1. The number of carbonyl (C=O) groups excluding carboxylic acids is 1. The van der Waals surface area contributed by atoms with Crippen molar-refractivity contribution in [2.75, 3.05) is 12.9 Å². The molecule has 2 N–H and O–H groups in total. The fraction of sp³-hybridized carbons (Fsp3) is 0.600. The Hall–Kier alpha value is -0.420. The van der Waals surface area contributed by atoms with Crippen LogP contribution in [0.1, 0.15) is 0 Å². The number of nitrogens with zero attached hydrogens (tertiary/aromatic N) is 1. The molecule has 0 aromatic carbocycles. The van der Waals surface area contributed by atoms with Crippen molar-refractivity contribution in [1.82, 2.24) is 0 Å². The molecule has 1 unspecified atom stereocenters. The van der Waals surface area contributed by atoms with Crippen LogP contribution in [0.15, 0.2) is 5.10 Å². The Labute approximate surface area is 74.1 Å². The Bertz CT molecular complexity index is 153. The molecule has 0 aliphatic rings. The van der Waals surface area contributed by atoms with E-state index >= 15 is 0 Å². The highest BCUT2D eigenvalue weighted by Crippen LogP contribution is 2.06. The molecule has 0 amide bonds. The fourth-order valence-electron chi connectivity index (χ4n) is 0.366. The Morgan fingerprint density at radius 2 is 2.64 bits per heavy atom. The zero-order valence-corrected chi connectivity index (χ0v) is 7.56. The van der Waals surface area contributed by atoms with E-state index in [2.05, 4.69) is 9.84 Å². The molecular formula is C5H9ClN2O2S. The van der Waals surface area contributed by atoms with E-state index in [1.165, 1.54) is 24.4 Å². The van der Waals surface area contributed by atoms with Crippen LogP contribution in [-0.4, -0.2) is 29.8 Å². The highest BCUT2D eigenvalue weighted by molar-refractivity contribution is 8.12. The molecule has 64 valence electrons. The van der Waals surface area contributed by atoms with Crippen LogP contribution in [0.5, 0.6) is 0 Å². The van der Waals surface area contributed by atoms with Crippen LogP contribution in [-0.2, 0) is 9.53 Å². The van der Waals surface area contributed by atoms with Crippen molar-refractivity contribution in [1.29, 1.82) is 0 Å². The average Bonchev–Trinajstić information content (AvgIpc) is 2.03. The smallest absolute Gasteiger partial charge is 0.324 e. The summed E-state index contributed by atoms with van der Waals surface area (Å²) in [5.41, 5.74) is 1.42. The molecule has 0 aliphatic heterocycles. The maximum absolute atomic E-state index is 10.7. The summed E-state index contributed by atoms with van der Waals surface area (Å²) in [6.07, 6.45) is 0. The number of thioether (sulfide) groups is 1. The molecule has 0 saturated carbocycles. The lowest BCUT2D eigenvalue weighted by Crippen LogP contribution is -2.18. The molecule has 6 heteroatoms. The van der Waals surface area contributed by atoms with Gasteiger partial charge in [-0.1, -0.05) is 0 Å². The van der Waals surface area contributed by atoms with E-state index in [0.717, 1.165) is 0 Å². The second-order valence-electron chi connectivity index (χ2n) is 1.58. The molecule has 11 heavy (non-hydrogen) atoms. The van der Waals surface area contributed by atoms with Gasteiger partial charge in [0.2, 0.25) is 0 Å². The van der Waals surface area contributed by atoms with E-state index in [-0.39, 0.29) is 0 Å². The second kappa shape index (κ2) is 6.30. The Morgan fingerprint density at radius 1 is 2.00 bits per heavy atom. The number of hydrogen-bond donors (Lipinski definition) is 1. The minimum atomic E-state index is -0.636. The van der Waals surface area contributed by atoms with Crippen molar-refractivity contribution < 1.29 is 9.53 Å². The van der Waals surface area contributed by atoms with Gasteiger partial charge in [0.15, 0.2) is 0 Å². The summed E-state index contributed by atoms with van der Waals surface area (Å²) in [6, 6.07) is 0. The van der Waals surface area contributed by atoms with Crippen molar-refractivity contribution in [3.05, 3.63) is 0 Å². The zero-order chi connectivity index (χ0) is 8.69. The molecule has 0 saturated heterocycles. The molecule has 0 aromatic heterocycles. The Morgan fingerprint density at radius 3 is 3.09 bits per heavy atom. The first-order valence-corrected chi connectivity index (χ1v) is 4.26. The van der Waals surface area contributed by atoms with Gasteiger partial charge in [-0.3, -0.25) is 4.79 Å². The SMILES string of the molecule is COC(=O)C(Cl)CSC=NN. The summed E-state index contributed by atoms with van der Waals surface area (Å²) in [6.45, 7) is 0. The number of hydrogen-bond acceptors (Lipinski definition) is 5. The summed E-state index contributed by atoms with van der Waals surface area (Å²) in [7, 11) is 1.29. The number of rotatable bonds is 4. The minimum absolute atomic E-state index is 0.412. The lowest BCUT2D eigenvalue weighted by atomic mass is 10.5. The first-order chi connectivity index (χ1) is 5.22. The van der Waals surface area contributed by atoms with Crippen molar-refractivity contribution in [2.24, 2.45) is 10.9 Å². The Balaban J connectivity index is 3.51. The van der Waals surface area contributed by atoms with E-state index in [9.17, 15) is 4.79 Å². The number of nitrogens with two attached hydrogens (primary N) is 1. The van der Waals surface area contributed by atoms with Gasteiger partial charge in [0.05, 0.1) is 12.7 Å². The largest absolute Gasteiger partial charge is 0.468 e. The maximum atomic E-state index is 10.7. The summed E-state index contributed by atoms with van der Waals surface area (Å²) in [5, 5.41) is 2.58. The molecule has 0 spiro atoms. The van der Waals surface area contributed by atoms with E-state index in [4.69, 9.17) is 17.4 Å². The molecule has 0 bridgehead atoms. The maximum Gasteiger partial charge on any atom is 0.324 e. The lowest BCUT2D eigenvalue weighted by molar-refractivity contribution is -0.139. The molecular weight excluding hydrogens is 188 g/mol. The standard InChI is InChI=1S/C5H9ClN2O2S/c1-10-5(9)4(6)2-11-3-8-7/h3-4H,2,7H2,1H3. The summed E-state index contributed by atoms with van der Waals surface area (Å²) >= 11 is 6.82. The third-order valence-corrected chi connectivity index (χ3v) is 2.15. The normalized spacial score (nSPS) is 13.3. The monoisotopic (exact) mass is 196 g/mol. The Kier molecular flexibility index (Phi) is 6.06. The van der Waals surface area contributed by atoms with E-state index in [1.54, 1.807) is 0 Å². The molecule has 0 fully saturated rings. The van der Waals surface area contributed by atoms with Crippen LogP contribution < -0.4 is 5.84 Å². The van der Waals surface area contributed by atoms with Crippen molar-refractivity contribution in [3.8, 4) is 0 Å². The molecule has 0 heterocycles. The van der Waals surface area contributed by atoms with Crippen LogP contribution in [0.25, 0.3) is 0 Å². The third-order valence-electron chi connectivity index (χ3n) is 0.835. The quantitative estimate of drug-likeness (QED) is 0.177.